The molecule has 1 aliphatic heterocycles. The van der Waals surface area contributed by atoms with Crippen molar-refractivity contribution in [3.8, 4) is 0 Å². The Bertz CT molecular complexity index is 731. The Labute approximate surface area is 160 Å². The molecule has 1 saturated carbocycles. The number of hydrogen-bond acceptors (Lipinski definition) is 3. The van der Waals surface area contributed by atoms with Crippen molar-refractivity contribution < 1.29 is 14.4 Å². The Balaban J connectivity index is 1.73. The largest absolute Gasteiger partial charge is 0.352 e. The normalized spacial score (nSPS) is 28.2. The van der Waals surface area contributed by atoms with Gasteiger partial charge in [-0.15, -0.1) is 0 Å². The monoisotopic (exact) mass is 371 g/mol. The van der Waals surface area contributed by atoms with Crippen LogP contribution in [0.1, 0.15) is 57.1 Å². The van der Waals surface area contributed by atoms with Crippen LogP contribution in [-0.4, -0.2) is 35.3 Å². The van der Waals surface area contributed by atoms with Crippen LogP contribution in [-0.2, 0) is 15.1 Å². The molecule has 3 atom stereocenters. The molecule has 146 valence electrons. The van der Waals surface area contributed by atoms with Gasteiger partial charge in [0.1, 0.15) is 12.1 Å². The zero-order valence-electron chi connectivity index (χ0n) is 16.4. The average molecular weight is 371 g/mol. The fraction of sp³-hybridized carbons (Fsp3) is 0.571. The van der Waals surface area contributed by atoms with Gasteiger partial charge in [0, 0.05) is 6.04 Å². The molecule has 1 saturated heterocycles. The Morgan fingerprint density at radius 3 is 2.52 bits per heavy atom. The van der Waals surface area contributed by atoms with Crippen molar-refractivity contribution in [2.75, 3.05) is 6.54 Å². The summed E-state index contributed by atoms with van der Waals surface area (Å²) >= 11 is 0. The predicted molar refractivity (Wildman–Crippen MR) is 103 cm³/mol. The Kier molecular flexibility index (Phi) is 5.53. The number of carbonyl (C=O) groups is 3. The first-order valence-electron chi connectivity index (χ1n) is 9.88. The molecule has 6 nitrogen and oxygen atoms in total. The molecule has 1 heterocycles. The molecule has 0 aromatic heterocycles. The molecule has 3 unspecified atom stereocenters. The minimum atomic E-state index is -1.09. The minimum Gasteiger partial charge on any atom is -0.352 e. The summed E-state index contributed by atoms with van der Waals surface area (Å²) in [6.45, 7) is 5.74. The molecule has 1 aromatic rings. The van der Waals surface area contributed by atoms with Crippen LogP contribution in [0, 0.1) is 12.8 Å². The molecule has 27 heavy (non-hydrogen) atoms. The lowest BCUT2D eigenvalue weighted by atomic mass is 9.86. The van der Waals surface area contributed by atoms with E-state index in [1.54, 1.807) is 0 Å². The minimum absolute atomic E-state index is 0.125. The molecule has 2 fully saturated rings. The van der Waals surface area contributed by atoms with Gasteiger partial charge in [-0.05, 0) is 37.7 Å². The second-order valence-corrected chi connectivity index (χ2v) is 7.88. The molecule has 3 rings (SSSR count). The van der Waals surface area contributed by atoms with E-state index in [4.69, 9.17) is 0 Å². The van der Waals surface area contributed by atoms with E-state index < -0.39 is 11.6 Å². The van der Waals surface area contributed by atoms with Crippen LogP contribution >= 0.6 is 0 Å². The van der Waals surface area contributed by atoms with Crippen LogP contribution in [0.3, 0.4) is 0 Å². The highest BCUT2D eigenvalue weighted by molar-refractivity contribution is 6.09. The van der Waals surface area contributed by atoms with Gasteiger partial charge < -0.3 is 10.6 Å². The molecule has 6 heteroatoms. The van der Waals surface area contributed by atoms with E-state index in [0.29, 0.717) is 12.3 Å². The molecule has 0 radical (unpaired) electrons. The van der Waals surface area contributed by atoms with E-state index in [2.05, 4.69) is 17.6 Å². The van der Waals surface area contributed by atoms with Gasteiger partial charge in [-0.25, -0.2) is 4.79 Å². The van der Waals surface area contributed by atoms with Gasteiger partial charge in [-0.3, -0.25) is 14.5 Å². The third kappa shape index (κ3) is 3.70. The average Bonchev–Trinajstić information content (AvgIpc) is 2.89. The molecule has 0 spiro atoms. The van der Waals surface area contributed by atoms with Gasteiger partial charge in [0.15, 0.2) is 0 Å². The van der Waals surface area contributed by atoms with Gasteiger partial charge in [-0.1, -0.05) is 56.5 Å². The fourth-order valence-electron chi connectivity index (χ4n) is 4.17. The highest BCUT2D eigenvalue weighted by Gasteiger charge is 2.51. The zero-order valence-corrected chi connectivity index (χ0v) is 16.4. The van der Waals surface area contributed by atoms with Crippen molar-refractivity contribution in [1.82, 2.24) is 15.5 Å². The van der Waals surface area contributed by atoms with Crippen LogP contribution in [0.2, 0.25) is 0 Å². The summed E-state index contributed by atoms with van der Waals surface area (Å²) in [5.41, 5.74) is 0.737. The van der Waals surface area contributed by atoms with Crippen molar-refractivity contribution in [3.63, 3.8) is 0 Å². The number of nitrogens with one attached hydrogen (secondary N) is 2. The summed E-state index contributed by atoms with van der Waals surface area (Å²) in [7, 11) is 0. The summed E-state index contributed by atoms with van der Waals surface area (Å²) in [5, 5.41) is 5.84. The highest BCUT2D eigenvalue weighted by atomic mass is 16.2. The van der Waals surface area contributed by atoms with Crippen LogP contribution in [0.25, 0.3) is 0 Å². The molecule has 1 aliphatic carbocycles. The fourth-order valence-corrected chi connectivity index (χ4v) is 4.17. The van der Waals surface area contributed by atoms with Gasteiger partial charge in [0.2, 0.25) is 5.91 Å². The summed E-state index contributed by atoms with van der Waals surface area (Å²) in [6.07, 6.45) is 4.77. The maximum Gasteiger partial charge on any atom is 0.325 e. The smallest absolute Gasteiger partial charge is 0.325 e. The third-order valence-electron chi connectivity index (χ3n) is 6.01. The van der Waals surface area contributed by atoms with E-state index in [-0.39, 0.29) is 24.4 Å². The van der Waals surface area contributed by atoms with Gasteiger partial charge in [0.25, 0.3) is 5.91 Å². The number of nitrogens with zero attached hydrogens (tertiary/aromatic N) is 1. The second-order valence-electron chi connectivity index (χ2n) is 7.88. The van der Waals surface area contributed by atoms with E-state index in [1.807, 2.05) is 38.1 Å². The Morgan fingerprint density at radius 1 is 1.22 bits per heavy atom. The Hall–Kier alpha value is -2.37. The van der Waals surface area contributed by atoms with Gasteiger partial charge in [-0.2, -0.15) is 0 Å². The van der Waals surface area contributed by atoms with Crippen molar-refractivity contribution in [1.29, 1.82) is 0 Å². The first-order valence-corrected chi connectivity index (χ1v) is 9.88. The highest BCUT2D eigenvalue weighted by Crippen LogP contribution is 2.32. The van der Waals surface area contributed by atoms with E-state index in [9.17, 15) is 14.4 Å². The number of imide groups is 1. The summed E-state index contributed by atoms with van der Waals surface area (Å²) < 4.78 is 0. The number of hydrogen-bond donors (Lipinski definition) is 2. The second kappa shape index (κ2) is 7.71. The number of rotatable bonds is 5. The lowest BCUT2D eigenvalue weighted by Crippen LogP contribution is -2.48. The lowest BCUT2D eigenvalue weighted by Gasteiger charge is -2.30. The third-order valence-corrected chi connectivity index (χ3v) is 6.01. The first kappa shape index (κ1) is 19.4. The van der Waals surface area contributed by atoms with Crippen LogP contribution in [0.4, 0.5) is 4.79 Å². The molecule has 0 bridgehead atoms. The maximum atomic E-state index is 13.1. The molecular formula is C21H29N3O3. The predicted octanol–water partition coefficient (Wildman–Crippen LogP) is 2.85. The lowest BCUT2D eigenvalue weighted by molar-refractivity contribution is -0.135. The van der Waals surface area contributed by atoms with E-state index >= 15 is 0 Å². The maximum absolute atomic E-state index is 13.1. The van der Waals surface area contributed by atoms with Crippen molar-refractivity contribution >= 4 is 17.8 Å². The van der Waals surface area contributed by atoms with E-state index in [0.717, 1.165) is 35.3 Å². The molecular weight excluding hydrogens is 342 g/mol. The topological polar surface area (TPSA) is 78.5 Å². The van der Waals surface area contributed by atoms with Crippen LogP contribution < -0.4 is 10.6 Å². The first-order chi connectivity index (χ1) is 12.9. The SMILES string of the molecule is CCC1(c2ccc(C)cc2)NC(=O)N(CC(=O)NC2CCCCC2C)C1=O. The molecule has 2 aliphatic rings. The van der Waals surface area contributed by atoms with Crippen molar-refractivity contribution in [2.45, 2.75) is 64.5 Å². The van der Waals surface area contributed by atoms with Crippen molar-refractivity contribution in [3.05, 3.63) is 35.4 Å². The van der Waals surface area contributed by atoms with Gasteiger partial charge >= 0.3 is 6.03 Å². The van der Waals surface area contributed by atoms with E-state index in [1.165, 1.54) is 6.42 Å². The quantitative estimate of drug-likeness (QED) is 0.781. The number of aryl methyl sites for hydroxylation is 1. The number of amides is 4. The molecule has 2 N–H and O–H groups in total. The van der Waals surface area contributed by atoms with Crippen LogP contribution in [0.5, 0.6) is 0 Å². The van der Waals surface area contributed by atoms with Crippen LogP contribution in [0.15, 0.2) is 24.3 Å². The number of urea groups is 1. The number of carbonyl (C=O) groups excluding carboxylic acids is 3. The molecule has 1 aromatic carbocycles. The summed E-state index contributed by atoms with van der Waals surface area (Å²) in [5.74, 6) is -0.202. The summed E-state index contributed by atoms with van der Waals surface area (Å²) in [4.78, 5) is 39.2. The standard InChI is InChI=1S/C21H29N3O3/c1-4-21(16-11-9-14(2)10-12-16)19(26)24(20(27)23-21)13-18(25)22-17-8-6-5-7-15(17)3/h9-12,15,17H,4-8,13H2,1-3H3,(H,22,25)(H,23,27). The number of benzene rings is 1. The molecule has 4 amide bonds. The van der Waals surface area contributed by atoms with Crippen molar-refractivity contribution in [2.24, 2.45) is 5.92 Å². The van der Waals surface area contributed by atoms with Gasteiger partial charge in [0.05, 0.1) is 0 Å². The Morgan fingerprint density at radius 2 is 1.89 bits per heavy atom. The summed E-state index contributed by atoms with van der Waals surface area (Å²) in [6, 6.07) is 7.20. The zero-order chi connectivity index (χ0) is 19.6.